The third kappa shape index (κ3) is 3.93. The first-order chi connectivity index (χ1) is 12.1. The van der Waals surface area contributed by atoms with Gasteiger partial charge in [-0.25, -0.2) is 9.40 Å². The first-order valence-corrected chi connectivity index (χ1v) is 8.92. The van der Waals surface area contributed by atoms with Gasteiger partial charge in [-0.05, 0) is 29.1 Å². The summed E-state index contributed by atoms with van der Waals surface area (Å²) in [6.45, 7) is 1.62. The third-order valence-corrected chi connectivity index (χ3v) is 4.90. The number of nitrogens with zero attached hydrogens (tertiary/aromatic N) is 2. The van der Waals surface area contributed by atoms with Gasteiger partial charge in [-0.2, -0.15) is 5.10 Å². The molecular formula is C18H18FN3O2S. The van der Waals surface area contributed by atoms with Gasteiger partial charge in [-0.1, -0.05) is 25.1 Å². The van der Waals surface area contributed by atoms with Crippen molar-refractivity contribution in [1.82, 2.24) is 10.3 Å². The Labute approximate surface area is 149 Å². The molecule has 0 saturated heterocycles. The van der Waals surface area contributed by atoms with Crippen molar-refractivity contribution < 1.29 is 14.0 Å². The molecule has 1 unspecified atom stereocenters. The predicted octanol–water partition coefficient (Wildman–Crippen LogP) is 3.09. The first kappa shape index (κ1) is 17.3. The number of carbonyl (C=O) groups excluding carboxylic acids is 2. The fraction of sp³-hybridized carbons (Fsp3) is 0.278. The van der Waals surface area contributed by atoms with Gasteiger partial charge in [0.25, 0.3) is 5.91 Å². The van der Waals surface area contributed by atoms with Gasteiger partial charge < -0.3 is 5.32 Å². The van der Waals surface area contributed by atoms with Crippen molar-refractivity contribution in [2.75, 3.05) is 6.54 Å². The van der Waals surface area contributed by atoms with Crippen molar-refractivity contribution in [3.63, 3.8) is 0 Å². The lowest BCUT2D eigenvalue weighted by atomic mass is 10.0. The molecule has 25 heavy (non-hydrogen) atoms. The number of hydrazone groups is 1. The van der Waals surface area contributed by atoms with Gasteiger partial charge in [-0.3, -0.25) is 9.59 Å². The molecule has 1 aromatic heterocycles. The van der Waals surface area contributed by atoms with E-state index in [2.05, 4.69) is 10.4 Å². The number of hydrogen-bond acceptors (Lipinski definition) is 4. The number of amides is 2. The summed E-state index contributed by atoms with van der Waals surface area (Å²) in [7, 11) is 0. The SMILES string of the molecule is CCC(=O)NCC(=O)N1N=C(c2cccs2)CC1c1ccc(F)cc1. The molecule has 1 aliphatic heterocycles. The molecule has 130 valence electrons. The van der Waals surface area contributed by atoms with E-state index >= 15 is 0 Å². The van der Waals surface area contributed by atoms with Crippen LogP contribution in [0.15, 0.2) is 46.9 Å². The second-order valence-electron chi connectivity index (χ2n) is 5.66. The maximum atomic E-state index is 13.2. The zero-order chi connectivity index (χ0) is 17.8. The van der Waals surface area contributed by atoms with Gasteiger partial charge in [0.05, 0.1) is 23.2 Å². The van der Waals surface area contributed by atoms with Crippen LogP contribution >= 0.6 is 11.3 Å². The number of rotatable bonds is 5. The molecule has 0 saturated carbocycles. The molecule has 1 aromatic carbocycles. The smallest absolute Gasteiger partial charge is 0.262 e. The van der Waals surface area contributed by atoms with Crippen LogP contribution in [0, 0.1) is 5.82 Å². The van der Waals surface area contributed by atoms with Crippen molar-refractivity contribution in [1.29, 1.82) is 0 Å². The minimum atomic E-state index is -0.325. The van der Waals surface area contributed by atoms with Crippen molar-refractivity contribution in [3.05, 3.63) is 58.0 Å². The topological polar surface area (TPSA) is 61.8 Å². The van der Waals surface area contributed by atoms with E-state index < -0.39 is 0 Å². The zero-order valence-corrected chi connectivity index (χ0v) is 14.6. The molecule has 0 radical (unpaired) electrons. The molecule has 0 aliphatic carbocycles. The Morgan fingerprint density at radius 1 is 1.32 bits per heavy atom. The third-order valence-electron chi connectivity index (χ3n) is 3.98. The molecule has 0 fully saturated rings. The van der Waals surface area contributed by atoms with Gasteiger partial charge in [0.15, 0.2) is 0 Å². The first-order valence-electron chi connectivity index (χ1n) is 8.04. The van der Waals surface area contributed by atoms with Crippen LogP contribution in [-0.4, -0.2) is 29.1 Å². The molecular weight excluding hydrogens is 341 g/mol. The highest BCUT2D eigenvalue weighted by Gasteiger charge is 2.33. The molecule has 5 nitrogen and oxygen atoms in total. The van der Waals surface area contributed by atoms with Crippen molar-refractivity contribution in [2.45, 2.75) is 25.8 Å². The summed E-state index contributed by atoms with van der Waals surface area (Å²) in [5, 5.41) is 10.4. The Kier molecular flexibility index (Phi) is 5.23. The van der Waals surface area contributed by atoms with Crippen LogP contribution in [0.2, 0.25) is 0 Å². The molecule has 7 heteroatoms. The second-order valence-corrected chi connectivity index (χ2v) is 6.61. The number of benzene rings is 1. The molecule has 0 bridgehead atoms. The van der Waals surface area contributed by atoms with E-state index in [9.17, 15) is 14.0 Å². The molecule has 1 atom stereocenters. The summed E-state index contributed by atoms with van der Waals surface area (Å²) in [5.74, 6) is -0.801. The van der Waals surface area contributed by atoms with E-state index in [1.165, 1.54) is 17.1 Å². The average Bonchev–Trinajstić information content (AvgIpc) is 3.29. The van der Waals surface area contributed by atoms with Gasteiger partial charge in [0.2, 0.25) is 5.91 Å². The van der Waals surface area contributed by atoms with Crippen molar-refractivity contribution >= 4 is 28.9 Å². The Morgan fingerprint density at radius 3 is 2.72 bits per heavy atom. The van der Waals surface area contributed by atoms with Crippen molar-refractivity contribution in [2.24, 2.45) is 5.10 Å². The summed E-state index contributed by atoms with van der Waals surface area (Å²) in [6.07, 6.45) is 0.873. The highest BCUT2D eigenvalue weighted by Crippen LogP contribution is 2.33. The van der Waals surface area contributed by atoms with E-state index in [-0.39, 0.29) is 30.2 Å². The number of halogens is 1. The Hall–Kier alpha value is -2.54. The summed E-state index contributed by atoms with van der Waals surface area (Å²) in [6, 6.07) is 9.67. The Bertz CT molecular complexity index is 787. The number of thiophene rings is 1. The quantitative estimate of drug-likeness (QED) is 0.892. The Balaban J connectivity index is 1.84. The highest BCUT2D eigenvalue weighted by molar-refractivity contribution is 7.12. The molecule has 1 aliphatic rings. The molecule has 1 N–H and O–H groups in total. The number of hydrogen-bond donors (Lipinski definition) is 1. The fourth-order valence-electron chi connectivity index (χ4n) is 2.66. The molecule has 2 aromatic rings. The highest BCUT2D eigenvalue weighted by atomic mass is 32.1. The fourth-order valence-corrected chi connectivity index (χ4v) is 3.38. The van der Waals surface area contributed by atoms with E-state index in [1.54, 1.807) is 30.4 Å². The van der Waals surface area contributed by atoms with Gasteiger partial charge in [-0.15, -0.1) is 11.3 Å². The maximum Gasteiger partial charge on any atom is 0.262 e. The van der Waals surface area contributed by atoms with E-state index in [0.29, 0.717) is 12.8 Å². The second kappa shape index (κ2) is 7.57. The standard InChI is InChI=1S/C18H18FN3O2S/c1-2-17(23)20-11-18(24)22-15(12-5-7-13(19)8-6-12)10-14(21-22)16-4-3-9-25-16/h3-9,15H,2,10-11H2,1H3,(H,20,23). The zero-order valence-electron chi connectivity index (χ0n) is 13.7. The van der Waals surface area contributed by atoms with Crippen LogP contribution in [0.5, 0.6) is 0 Å². The minimum Gasteiger partial charge on any atom is -0.347 e. The van der Waals surface area contributed by atoms with Gasteiger partial charge in [0.1, 0.15) is 5.82 Å². The van der Waals surface area contributed by atoms with Crippen LogP contribution < -0.4 is 5.32 Å². The molecule has 2 heterocycles. The minimum absolute atomic E-state index is 0.106. The summed E-state index contributed by atoms with van der Waals surface area (Å²) in [5.41, 5.74) is 1.63. The van der Waals surface area contributed by atoms with Crippen LogP contribution in [0.4, 0.5) is 4.39 Å². The van der Waals surface area contributed by atoms with Crippen LogP contribution in [0.3, 0.4) is 0 Å². The van der Waals surface area contributed by atoms with E-state index in [4.69, 9.17) is 0 Å². The maximum absolute atomic E-state index is 13.2. The van der Waals surface area contributed by atoms with Crippen LogP contribution in [-0.2, 0) is 9.59 Å². The monoisotopic (exact) mass is 359 g/mol. The summed E-state index contributed by atoms with van der Waals surface area (Å²) >= 11 is 1.56. The lowest BCUT2D eigenvalue weighted by Gasteiger charge is -2.22. The lowest BCUT2D eigenvalue weighted by molar-refractivity contribution is -0.134. The number of nitrogens with one attached hydrogen (secondary N) is 1. The normalized spacial score (nSPS) is 16.6. The molecule has 2 amide bonds. The van der Waals surface area contributed by atoms with Gasteiger partial charge in [0, 0.05) is 12.8 Å². The predicted molar refractivity (Wildman–Crippen MR) is 94.8 cm³/mol. The lowest BCUT2D eigenvalue weighted by Crippen LogP contribution is -2.37. The van der Waals surface area contributed by atoms with E-state index in [1.807, 2.05) is 17.5 Å². The average molecular weight is 359 g/mol. The van der Waals surface area contributed by atoms with Crippen molar-refractivity contribution in [3.8, 4) is 0 Å². The van der Waals surface area contributed by atoms with Crippen LogP contribution in [0.1, 0.15) is 36.2 Å². The van der Waals surface area contributed by atoms with Crippen LogP contribution in [0.25, 0.3) is 0 Å². The Morgan fingerprint density at radius 2 is 2.08 bits per heavy atom. The molecule has 3 rings (SSSR count). The summed E-state index contributed by atoms with van der Waals surface area (Å²) < 4.78 is 13.2. The van der Waals surface area contributed by atoms with E-state index in [0.717, 1.165) is 16.2 Å². The summed E-state index contributed by atoms with van der Waals surface area (Å²) in [4.78, 5) is 25.0. The largest absolute Gasteiger partial charge is 0.347 e. The number of carbonyl (C=O) groups is 2. The van der Waals surface area contributed by atoms with Gasteiger partial charge >= 0.3 is 0 Å². The molecule has 0 spiro atoms.